The summed E-state index contributed by atoms with van der Waals surface area (Å²) in [6.45, 7) is 1.59. The summed E-state index contributed by atoms with van der Waals surface area (Å²) in [5, 5.41) is 7.75. The van der Waals surface area contributed by atoms with Crippen LogP contribution in [0.1, 0.15) is 5.56 Å². The van der Waals surface area contributed by atoms with Crippen LogP contribution in [0, 0.1) is 6.92 Å². The molecule has 0 bridgehead atoms. The van der Waals surface area contributed by atoms with Gasteiger partial charge in [0.2, 0.25) is 15.9 Å². The number of sulfonamides is 1. The molecule has 0 aliphatic rings. The topological polar surface area (TPSA) is 89.3 Å². The fourth-order valence-electron chi connectivity index (χ4n) is 1.24. The smallest absolute Gasteiger partial charge is 0.238 e. The third kappa shape index (κ3) is 3.03. The number of rotatable bonds is 3. The fraction of sp³-hybridized carbons (Fsp3) is 0.222. The van der Waals surface area contributed by atoms with E-state index in [1.54, 1.807) is 13.0 Å². The highest BCUT2D eigenvalue weighted by Gasteiger charge is 2.14. The molecule has 0 fully saturated rings. The van der Waals surface area contributed by atoms with Gasteiger partial charge in [0, 0.05) is 5.69 Å². The van der Waals surface area contributed by atoms with Crippen molar-refractivity contribution in [1.29, 1.82) is 0 Å². The van der Waals surface area contributed by atoms with E-state index in [-0.39, 0.29) is 16.1 Å². The number of primary sulfonamides is 1. The van der Waals surface area contributed by atoms with E-state index in [1.807, 2.05) is 0 Å². The minimum Gasteiger partial charge on any atom is -0.325 e. The van der Waals surface area contributed by atoms with Crippen LogP contribution in [-0.4, -0.2) is 19.7 Å². The van der Waals surface area contributed by atoms with Crippen LogP contribution in [0.25, 0.3) is 0 Å². The molecule has 88 valence electrons. The van der Waals surface area contributed by atoms with Gasteiger partial charge in [0.05, 0.1) is 10.2 Å². The molecule has 5 nitrogen and oxygen atoms in total. The Morgan fingerprint density at radius 2 is 2.12 bits per heavy atom. The first-order chi connectivity index (χ1) is 7.36. The van der Waals surface area contributed by atoms with Gasteiger partial charge in [-0.3, -0.25) is 4.79 Å². The maximum atomic E-state index is 11.2. The Morgan fingerprint density at radius 3 is 2.62 bits per heavy atom. The molecule has 0 saturated heterocycles. The van der Waals surface area contributed by atoms with E-state index in [4.69, 9.17) is 5.14 Å². The minimum atomic E-state index is -3.76. The van der Waals surface area contributed by atoms with Crippen molar-refractivity contribution in [2.24, 2.45) is 5.14 Å². The SMILES string of the molecule is Cc1c(NC(=O)CBr)cccc1S(N)(=O)=O. The number of halogens is 1. The van der Waals surface area contributed by atoms with Crippen LogP contribution in [0.3, 0.4) is 0 Å². The zero-order chi connectivity index (χ0) is 12.3. The predicted molar refractivity (Wildman–Crippen MR) is 65.0 cm³/mol. The molecule has 0 spiro atoms. The zero-order valence-electron chi connectivity index (χ0n) is 8.53. The van der Waals surface area contributed by atoms with Crippen LogP contribution in [0.4, 0.5) is 5.69 Å². The average molecular weight is 307 g/mol. The lowest BCUT2D eigenvalue weighted by molar-refractivity contribution is -0.113. The fourth-order valence-corrected chi connectivity index (χ4v) is 2.19. The standard InChI is InChI=1S/C9H11BrN2O3S/c1-6-7(12-9(13)5-10)3-2-4-8(6)16(11,14)15/h2-4H,5H2,1H3,(H,12,13)(H2,11,14,15). The van der Waals surface area contributed by atoms with Crippen molar-refractivity contribution in [2.45, 2.75) is 11.8 Å². The number of nitrogens with two attached hydrogens (primary N) is 1. The first-order valence-corrected chi connectivity index (χ1v) is 7.01. The van der Waals surface area contributed by atoms with E-state index in [0.717, 1.165) is 0 Å². The molecule has 1 amide bonds. The number of hydrogen-bond donors (Lipinski definition) is 2. The quantitative estimate of drug-likeness (QED) is 0.816. The summed E-state index contributed by atoms with van der Waals surface area (Å²) in [6, 6.07) is 4.54. The number of amides is 1. The molecule has 0 saturated carbocycles. The van der Waals surface area contributed by atoms with E-state index >= 15 is 0 Å². The number of anilines is 1. The molecule has 0 atom stereocenters. The molecule has 1 rings (SSSR count). The average Bonchev–Trinajstić information content (AvgIpc) is 2.19. The van der Waals surface area contributed by atoms with Crippen molar-refractivity contribution in [3.05, 3.63) is 23.8 Å². The van der Waals surface area contributed by atoms with E-state index in [0.29, 0.717) is 11.3 Å². The van der Waals surface area contributed by atoms with Crippen molar-refractivity contribution in [3.63, 3.8) is 0 Å². The Hall–Kier alpha value is -0.920. The van der Waals surface area contributed by atoms with Gasteiger partial charge in [-0.15, -0.1) is 0 Å². The van der Waals surface area contributed by atoms with Gasteiger partial charge in [-0.2, -0.15) is 0 Å². The largest absolute Gasteiger partial charge is 0.325 e. The number of hydrogen-bond acceptors (Lipinski definition) is 3. The van der Waals surface area contributed by atoms with E-state index < -0.39 is 10.0 Å². The Balaban J connectivity index is 3.20. The Bertz CT molecular complexity index is 513. The molecule has 0 aromatic heterocycles. The van der Waals surface area contributed by atoms with Gasteiger partial charge in [-0.25, -0.2) is 13.6 Å². The van der Waals surface area contributed by atoms with Gasteiger partial charge in [-0.05, 0) is 24.6 Å². The lowest BCUT2D eigenvalue weighted by Gasteiger charge is -2.10. The van der Waals surface area contributed by atoms with Crippen molar-refractivity contribution in [3.8, 4) is 0 Å². The number of carbonyl (C=O) groups is 1. The zero-order valence-corrected chi connectivity index (χ0v) is 10.9. The summed E-state index contributed by atoms with van der Waals surface area (Å²) in [7, 11) is -3.76. The molecule has 7 heteroatoms. The second kappa shape index (κ2) is 4.94. The first kappa shape index (κ1) is 13.1. The van der Waals surface area contributed by atoms with Crippen LogP contribution >= 0.6 is 15.9 Å². The molecule has 0 aliphatic carbocycles. The summed E-state index contributed by atoms with van der Waals surface area (Å²) in [5.74, 6) is -0.255. The van der Waals surface area contributed by atoms with E-state index in [2.05, 4.69) is 21.2 Å². The van der Waals surface area contributed by atoms with Crippen LogP contribution in [-0.2, 0) is 14.8 Å². The number of alkyl halides is 1. The van der Waals surface area contributed by atoms with Crippen LogP contribution in [0.5, 0.6) is 0 Å². The highest BCUT2D eigenvalue weighted by Crippen LogP contribution is 2.21. The second-order valence-electron chi connectivity index (χ2n) is 3.16. The molecule has 0 unspecified atom stereocenters. The maximum absolute atomic E-state index is 11.2. The summed E-state index contributed by atoms with van der Waals surface area (Å²) in [5.41, 5.74) is 0.871. The van der Waals surface area contributed by atoms with E-state index in [1.165, 1.54) is 12.1 Å². The maximum Gasteiger partial charge on any atom is 0.238 e. The Morgan fingerprint density at radius 1 is 1.50 bits per heavy atom. The highest BCUT2D eigenvalue weighted by atomic mass is 79.9. The van der Waals surface area contributed by atoms with Crippen molar-refractivity contribution < 1.29 is 13.2 Å². The highest BCUT2D eigenvalue weighted by molar-refractivity contribution is 9.09. The molecule has 3 N–H and O–H groups in total. The minimum absolute atomic E-state index is 0.0138. The van der Waals surface area contributed by atoms with Gasteiger partial charge in [0.1, 0.15) is 0 Å². The number of carbonyl (C=O) groups excluding carboxylic acids is 1. The van der Waals surface area contributed by atoms with Gasteiger partial charge in [0.15, 0.2) is 0 Å². The molecule has 0 aliphatic heterocycles. The summed E-state index contributed by atoms with van der Waals surface area (Å²) in [4.78, 5) is 11.2. The Labute approximate surface area is 102 Å². The number of benzene rings is 1. The van der Waals surface area contributed by atoms with Crippen molar-refractivity contribution >= 4 is 37.5 Å². The van der Waals surface area contributed by atoms with Gasteiger partial charge >= 0.3 is 0 Å². The monoisotopic (exact) mass is 306 g/mol. The first-order valence-electron chi connectivity index (χ1n) is 4.34. The van der Waals surface area contributed by atoms with Crippen molar-refractivity contribution in [1.82, 2.24) is 0 Å². The molecular weight excluding hydrogens is 296 g/mol. The molecular formula is C9H11BrN2O3S. The van der Waals surface area contributed by atoms with Gasteiger partial charge < -0.3 is 5.32 Å². The molecule has 0 heterocycles. The molecule has 0 radical (unpaired) electrons. The Kier molecular flexibility index (Phi) is 4.06. The lowest BCUT2D eigenvalue weighted by atomic mass is 10.2. The van der Waals surface area contributed by atoms with Crippen LogP contribution in [0.2, 0.25) is 0 Å². The van der Waals surface area contributed by atoms with Crippen LogP contribution < -0.4 is 10.5 Å². The van der Waals surface area contributed by atoms with Crippen molar-refractivity contribution in [2.75, 3.05) is 10.6 Å². The van der Waals surface area contributed by atoms with Gasteiger partial charge in [0.25, 0.3) is 0 Å². The number of nitrogens with one attached hydrogen (secondary N) is 1. The van der Waals surface area contributed by atoms with E-state index in [9.17, 15) is 13.2 Å². The van der Waals surface area contributed by atoms with Crippen LogP contribution in [0.15, 0.2) is 23.1 Å². The summed E-state index contributed by atoms with van der Waals surface area (Å²) < 4.78 is 22.4. The summed E-state index contributed by atoms with van der Waals surface area (Å²) in [6.07, 6.45) is 0. The lowest BCUT2D eigenvalue weighted by Crippen LogP contribution is -2.17. The predicted octanol–water partition coefficient (Wildman–Crippen LogP) is 0.976. The third-order valence-electron chi connectivity index (χ3n) is 1.99. The molecule has 1 aromatic rings. The molecule has 16 heavy (non-hydrogen) atoms. The summed E-state index contributed by atoms with van der Waals surface area (Å²) >= 11 is 3.00. The molecule has 1 aromatic carbocycles. The van der Waals surface area contributed by atoms with Gasteiger partial charge in [-0.1, -0.05) is 22.0 Å². The third-order valence-corrected chi connectivity index (χ3v) is 3.55. The normalized spacial score (nSPS) is 11.2. The second-order valence-corrected chi connectivity index (χ2v) is 5.25.